The topological polar surface area (TPSA) is 9.23 Å². The largest absolute Gasteiger partial charge is 0.435 e. The molecule has 0 saturated heterocycles. The second-order valence-corrected chi connectivity index (χ2v) is 10.1. The standard InChI is InChI=1S/C26H38F2O/c1-2-3-18-4-6-19(7-5-18)20-8-10-21(11-9-20)22-12-13-24-17-25(29-26(27)28)15-14-23(24)16-22/h14-15,17-22,26H,2-13,16H2,1H3. The molecule has 1 unspecified atom stereocenters. The van der Waals surface area contributed by atoms with E-state index in [4.69, 9.17) is 0 Å². The number of hydrogen-bond acceptors (Lipinski definition) is 1. The van der Waals surface area contributed by atoms with Gasteiger partial charge in [-0.2, -0.15) is 8.78 Å². The second kappa shape index (κ2) is 9.79. The van der Waals surface area contributed by atoms with Crippen molar-refractivity contribution in [3.63, 3.8) is 0 Å². The third-order valence-electron chi connectivity index (χ3n) is 8.41. The maximum atomic E-state index is 12.5. The van der Waals surface area contributed by atoms with Crippen molar-refractivity contribution < 1.29 is 13.5 Å². The zero-order valence-electron chi connectivity index (χ0n) is 18.1. The molecule has 4 rings (SSSR count). The Bertz CT molecular complexity index is 642. The average molecular weight is 405 g/mol. The van der Waals surface area contributed by atoms with E-state index in [1.165, 1.54) is 81.8 Å². The Morgan fingerprint density at radius 2 is 1.45 bits per heavy atom. The van der Waals surface area contributed by atoms with E-state index in [0.717, 1.165) is 42.4 Å². The highest BCUT2D eigenvalue weighted by Crippen LogP contribution is 2.45. The molecule has 3 heteroatoms. The van der Waals surface area contributed by atoms with Gasteiger partial charge in [0.25, 0.3) is 0 Å². The molecular formula is C26H38F2O. The molecule has 0 aliphatic heterocycles. The van der Waals surface area contributed by atoms with Crippen LogP contribution in [-0.4, -0.2) is 6.61 Å². The van der Waals surface area contributed by atoms with Crippen LogP contribution in [-0.2, 0) is 12.8 Å². The molecule has 162 valence electrons. The molecule has 1 nitrogen and oxygen atoms in total. The average Bonchev–Trinajstić information content (AvgIpc) is 2.74. The lowest BCUT2D eigenvalue weighted by molar-refractivity contribution is -0.0499. The first kappa shape index (κ1) is 21.1. The first-order valence-electron chi connectivity index (χ1n) is 12.2. The van der Waals surface area contributed by atoms with Gasteiger partial charge in [-0.25, -0.2) is 0 Å². The number of fused-ring (bicyclic) bond motifs is 1. The smallest absolute Gasteiger partial charge is 0.387 e. The molecule has 2 fully saturated rings. The van der Waals surface area contributed by atoms with Crippen LogP contribution < -0.4 is 4.74 Å². The summed E-state index contributed by atoms with van der Waals surface area (Å²) in [6, 6.07) is 5.59. The zero-order valence-corrected chi connectivity index (χ0v) is 18.1. The Kier molecular flexibility index (Phi) is 7.13. The lowest BCUT2D eigenvalue weighted by Gasteiger charge is -2.41. The highest BCUT2D eigenvalue weighted by molar-refractivity contribution is 5.37. The van der Waals surface area contributed by atoms with Crippen LogP contribution in [0.3, 0.4) is 0 Å². The van der Waals surface area contributed by atoms with Crippen LogP contribution in [0.1, 0.15) is 88.7 Å². The molecule has 1 atom stereocenters. The molecule has 0 N–H and O–H groups in total. The second-order valence-electron chi connectivity index (χ2n) is 10.1. The van der Waals surface area contributed by atoms with E-state index < -0.39 is 6.61 Å². The molecule has 1 aromatic carbocycles. The van der Waals surface area contributed by atoms with Crippen molar-refractivity contribution in [2.45, 2.75) is 97.0 Å². The molecule has 0 heterocycles. The maximum Gasteiger partial charge on any atom is 0.387 e. The summed E-state index contributed by atoms with van der Waals surface area (Å²) in [6.45, 7) is -0.408. The summed E-state index contributed by atoms with van der Waals surface area (Å²) in [5.74, 6) is 4.97. The minimum absolute atomic E-state index is 0.311. The van der Waals surface area contributed by atoms with Gasteiger partial charge in [0.05, 0.1) is 0 Å². The van der Waals surface area contributed by atoms with Crippen molar-refractivity contribution >= 4 is 0 Å². The number of alkyl halides is 2. The van der Waals surface area contributed by atoms with Gasteiger partial charge in [0.2, 0.25) is 0 Å². The van der Waals surface area contributed by atoms with Crippen LogP contribution in [0.4, 0.5) is 8.78 Å². The van der Waals surface area contributed by atoms with Gasteiger partial charge in [-0.15, -0.1) is 0 Å². The van der Waals surface area contributed by atoms with Crippen molar-refractivity contribution in [1.82, 2.24) is 0 Å². The number of rotatable bonds is 6. The van der Waals surface area contributed by atoms with Gasteiger partial charge in [-0.3, -0.25) is 0 Å². The summed E-state index contributed by atoms with van der Waals surface area (Å²) < 4.78 is 29.5. The quantitative estimate of drug-likeness (QED) is 0.470. The van der Waals surface area contributed by atoms with Gasteiger partial charge in [-0.05, 0) is 111 Å². The van der Waals surface area contributed by atoms with Crippen LogP contribution in [0, 0.1) is 29.6 Å². The number of aryl methyl sites for hydroxylation is 1. The molecule has 0 aromatic heterocycles. The molecule has 29 heavy (non-hydrogen) atoms. The number of halogens is 2. The van der Waals surface area contributed by atoms with Crippen LogP contribution in [0.2, 0.25) is 0 Å². The summed E-state index contributed by atoms with van der Waals surface area (Å²) in [4.78, 5) is 0. The molecule has 0 radical (unpaired) electrons. The SMILES string of the molecule is CCCC1CCC(C2CCC(C3CCc4cc(OC(F)F)ccc4C3)CC2)CC1. The Balaban J connectivity index is 1.26. The Hall–Kier alpha value is -1.12. The van der Waals surface area contributed by atoms with Crippen molar-refractivity contribution in [2.24, 2.45) is 29.6 Å². The number of ether oxygens (including phenoxy) is 1. The molecule has 0 amide bonds. The van der Waals surface area contributed by atoms with Crippen molar-refractivity contribution in [2.75, 3.05) is 0 Å². The third-order valence-corrected chi connectivity index (χ3v) is 8.41. The minimum atomic E-state index is -2.73. The van der Waals surface area contributed by atoms with Crippen LogP contribution in [0.5, 0.6) is 5.75 Å². The van der Waals surface area contributed by atoms with E-state index in [0.29, 0.717) is 5.75 Å². The van der Waals surface area contributed by atoms with E-state index in [9.17, 15) is 8.78 Å². The maximum absolute atomic E-state index is 12.5. The molecule has 3 aliphatic rings. The fourth-order valence-corrected chi connectivity index (χ4v) is 6.78. The first-order valence-corrected chi connectivity index (χ1v) is 12.2. The highest BCUT2D eigenvalue weighted by Gasteiger charge is 2.34. The fourth-order valence-electron chi connectivity index (χ4n) is 6.78. The van der Waals surface area contributed by atoms with Gasteiger partial charge in [0.1, 0.15) is 5.75 Å². The predicted molar refractivity (Wildman–Crippen MR) is 114 cm³/mol. The molecule has 0 bridgehead atoms. The Morgan fingerprint density at radius 3 is 2.07 bits per heavy atom. The number of hydrogen-bond donors (Lipinski definition) is 0. The van der Waals surface area contributed by atoms with Crippen molar-refractivity contribution in [1.29, 1.82) is 0 Å². The molecule has 1 aromatic rings. The van der Waals surface area contributed by atoms with Crippen LogP contribution in [0.15, 0.2) is 18.2 Å². The molecular weight excluding hydrogens is 366 g/mol. The van der Waals surface area contributed by atoms with Crippen LogP contribution in [0.25, 0.3) is 0 Å². The molecule has 3 aliphatic carbocycles. The van der Waals surface area contributed by atoms with E-state index in [1.54, 1.807) is 6.07 Å². The monoisotopic (exact) mass is 404 g/mol. The fraction of sp³-hybridized carbons (Fsp3) is 0.769. The summed E-state index contributed by atoms with van der Waals surface area (Å²) in [5.41, 5.74) is 2.58. The Morgan fingerprint density at radius 1 is 0.828 bits per heavy atom. The third kappa shape index (κ3) is 5.33. The molecule has 2 saturated carbocycles. The summed E-state index contributed by atoms with van der Waals surface area (Å²) >= 11 is 0. The van der Waals surface area contributed by atoms with E-state index in [1.807, 2.05) is 12.1 Å². The van der Waals surface area contributed by atoms with E-state index in [-0.39, 0.29) is 0 Å². The first-order chi connectivity index (χ1) is 14.1. The molecule has 0 spiro atoms. The predicted octanol–water partition coefficient (Wildman–Crippen LogP) is 7.81. The number of benzene rings is 1. The minimum Gasteiger partial charge on any atom is -0.435 e. The van der Waals surface area contributed by atoms with Crippen molar-refractivity contribution in [3.8, 4) is 5.75 Å². The summed E-state index contributed by atoms with van der Waals surface area (Å²) in [6.07, 6.45) is 17.8. The van der Waals surface area contributed by atoms with Crippen molar-refractivity contribution in [3.05, 3.63) is 29.3 Å². The van der Waals surface area contributed by atoms with Gasteiger partial charge in [0, 0.05) is 0 Å². The summed E-state index contributed by atoms with van der Waals surface area (Å²) in [7, 11) is 0. The van der Waals surface area contributed by atoms with E-state index in [2.05, 4.69) is 11.7 Å². The zero-order chi connectivity index (χ0) is 20.2. The normalized spacial score (nSPS) is 32.8. The lowest BCUT2D eigenvalue weighted by Crippen LogP contribution is -2.30. The van der Waals surface area contributed by atoms with E-state index >= 15 is 0 Å². The van der Waals surface area contributed by atoms with Gasteiger partial charge in [0.15, 0.2) is 0 Å². The lowest BCUT2D eigenvalue weighted by atomic mass is 9.65. The highest BCUT2D eigenvalue weighted by atomic mass is 19.3. The van der Waals surface area contributed by atoms with Gasteiger partial charge >= 0.3 is 6.61 Å². The van der Waals surface area contributed by atoms with Gasteiger partial charge < -0.3 is 4.74 Å². The van der Waals surface area contributed by atoms with Crippen LogP contribution >= 0.6 is 0 Å². The summed E-state index contributed by atoms with van der Waals surface area (Å²) in [5, 5.41) is 0. The van der Waals surface area contributed by atoms with Gasteiger partial charge in [-0.1, -0.05) is 38.7 Å². The Labute approximate surface area is 175 Å².